The number of benzene rings is 2. The van der Waals surface area contributed by atoms with Crippen molar-refractivity contribution in [3.05, 3.63) is 65.5 Å². The van der Waals surface area contributed by atoms with E-state index in [1.807, 2.05) is 32.0 Å². The van der Waals surface area contributed by atoms with Gasteiger partial charge in [0.25, 0.3) is 0 Å². The van der Waals surface area contributed by atoms with Gasteiger partial charge in [0, 0.05) is 24.1 Å². The molecule has 1 unspecified atom stereocenters. The van der Waals surface area contributed by atoms with E-state index in [9.17, 15) is 12.8 Å². The maximum atomic E-state index is 14.2. The maximum absolute atomic E-state index is 14.2. The van der Waals surface area contributed by atoms with E-state index in [0.29, 0.717) is 0 Å². The van der Waals surface area contributed by atoms with Gasteiger partial charge in [0.2, 0.25) is 0 Å². The molecule has 0 bridgehead atoms. The molecule has 4 nitrogen and oxygen atoms in total. The summed E-state index contributed by atoms with van der Waals surface area (Å²) in [5, 5.41) is 0. The Morgan fingerprint density at radius 1 is 1.09 bits per heavy atom. The Morgan fingerprint density at radius 2 is 1.73 bits per heavy atom. The van der Waals surface area contributed by atoms with Crippen molar-refractivity contribution in [2.75, 3.05) is 32.6 Å². The van der Waals surface area contributed by atoms with Crippen LogP contribution in [0.5, 0.6) is 0 Å². The number of thioether (sulfide) groups is 1. The molecular formula is C26H34FNO3S2. The van der Waals surface area contributed by atoms with Gasteiger partial charge in [-0.25, -0.2) is 12.8 Å². The van der Waals surface area contributed by atoms with E-state index < -0.39 is 15.4 Å². The highest BCUT2D eigenvalue weighted by molar-refractivity contribution is 8.00. The molecule has 0 radical (unpaired) electrons. The lowest BCUT2D eigenvalue weighted by Gasteiger charge is -2.30. The summed E-state index contributed by atoms with van der Waals surface area (Å²) in [6, 6.07) is 13.5. The SMILES string of the molecule is CN(C)CC(C)(C)CSC1OC(C)(C)C(c2ccc(S(C)(=O)=O)cc2)=C1c1cccc(F)c1. The molecule has 0 aliphatic carbocycles. The number of ether oxygens (including phenoxy) is 1. The molecule has 1 aliphatic heterocycles. The molecule has 0 saturated carbocycles. The van der Waals surface area contributed by atoms with E-state index in [0.717, 1.165) is 34.6 Å². The van der Waals surface area contributed by atoms with Crippen molar-refractivity contribution in [2.45, 2.75) is 43.6 Å². The van der Waals surface area contributed by atoms with Crippen molar-refractivity contribution in [3.8, 4) is 0 Å². The molecular weight excluding hydrogens is 457 g/mol. The fourth-order valence-corrected chi connectivity index (χ4v) is 6.51. The molecule has 0 fully saturated rings. The van der Waals surface area contributed by atoms with Crippen molar-refractivity contribution in [1.82, 2.24) is 4.90 Å². The summed E-state index contributed by atoms with van der Waals surface area (Å²) in [5.74, 6) is 0.568. The van der Waals surface area contributed by atoms with Crippen LogP contribution in [-0.4, -0.2) is 57.0 Å². The summed E-state index contributed by atoms with van der Waals surface area (Å²) in [7, 11) is 0.841. The summed E-state index contributed by atoms with van der Waals surface area (Å²) < 4.78 is 44.7. The molecule has 2 aromatic rings. The average molecular weight is 492 g/mol. The van der Waals surface area contributed by atoms with Crippen LogP contribution in [-0.2, 0) is 14.6 Å². The third-order valence-corrected chi connectivity index (χ3v) is 8.30. The highest BCUT2D eigenvalue weighted by Gasteiger charge is 2.42. The second kappa shape index (κ2) is 9.53. The third kappa shape index (κ3) is 6.27. The van der Waals surface area contributed by atoms with Crippen molar-refractivity contribution in [2.24, 2.45) is 5.41 Å². The Morgan fingerprint density at radius 3 is 2.27 bits per heavy atom. The lowest BCUT2D eigenvalue weighted by Crippen LogP contribution is -2.31. The molecule has 0 N–H and O–H groups in total. The van der Waals surface area contributed by atoms with E-state index in [4.69, 9.17) is 4.74 Å². The van der Waals surface area contributed by atoms with Gasteiger partial charge in [0.15, 0.2) is 9.84 Å². The first-order valence-corrected chi connectivity index (χ1v) is 13.9. The Hall–Kier alpha value is -1.67. The number of nitrogens with zero attached hydrogens (tertiary/aromatic N) is 1. The number of rotatable bonds is 8. The normalized spacial score (nSPS) is 18.9. The molecule has 2 aromatic carbocycles. The molecule has 1 atom stereocenters. The minimum absolute atomic E-state index is 0.0641. The molecule has 0 aromatic heterocycles. The Bertz CT molecular complexity index is 1140. The van der Waals surface area contributed by atoms with Crippen LogP contribution in [0.3, 0.4) is 0 Å². The summed E-state index contributed by atoms with van der Waals surface area (Å²) in [6.07, 6.45) is 1.20. The molecule has 1 aliphatic rings. The van der Waals surface area contributed by atoms with E-state index in [1.54, 1.807) is 36.0 Å². The zero-order valence-electron chi connectivity index (χ0n) is 20.5. The van der Waals surface area contributed by atoms with Crippen LogP contribution in [0.25, 0.3) is 11.1 Å². The minimum atomic E-state index is -3.29. The highest BCUT2D eigenvalue weighted by atomic mass is 32.2. The number of halogens is 1. The number of hydrogen-bond donors (Lipinski definition) is 0. The van der Waals surface area contributed by atoms with Gasteiger partial charge in [-0.05, 0) is 74.3 Å². The van der Waals surface area contributed by atoms with Crippen molar-refractivity contribution >= 4 is 32.7 Å². The van der Waals surface area contributed by atoms with E-state index in [1.165, 1.54) is 12.3 Å². The van der Waals surface area contributed by atoms with Gasteiger partial charge in [-0.3, -0.25) is 0 Å². The molecule has 180 valence electrons. The molecule has 0 saturated heterocycles. The first-order valence-electron chi connectivity index (χ1n) is 10.9. The number of sulfone groups is 1. The van der Waals surface area contributed by atoms with Crippen LogP contribution in [0.4, 0.5) is 4.39 Å². The maximum Gasteiger partial charge on any atom is 0.175 e. The standard InChI is InChI=1S/C26H34FNO3S2/c1-25(2,16-28(5)6)17-32-24-22(19-9-8-10-20(27)15-19)23(26(3,4)31-24)18-11-13-21(14-12-18)33(7,29)30/h8-15,24H,16-17H2,1-7H3. The quantitative estimate of drug-likeness (QED) is 0.481. The molecule has 0 amide bonds. The molecule has 3 rings (SSSR count). The summed E-state index contributed by atoms with van der Waals surface area (Å²) in [5.41, 5.74) is 2.72. The first kappa shape index (κ1) is 25.9. The fraction of sp³-hybridized carbons (Fsp3) is 0.462. The lowest BCUT2D eigenvalue weighted by molar-refractivity contribution is 0.0490. The monoisotopic (exact) mass is 491 g/mol. The summed E-state index contributed by atoms with van der Waals surface area (Å²) in [4.78, 5) is 2.45. The van der Waals surface area contributed by atoms with Crippen molar-refractivity contribution in [3.63, 3.8) is 0 Å². The molecule has 33 heavy (non-hydrogen) atoms. The topological polar surface area (TPSA) is 46.6 Å². The summed E-state index contributed by atoms with van der Waals surface area (Å²) >= 11 is 1.72. The Balaban J connectivity index is 2.09. The summed E-state index contributed by atoms with van der Waals surface area (Å²) in [6.45, 7) is 9.43. The zero-order chi connectivity index (χ0) is 24.6. The van der Waals surface area contributed by atoms with Crippen LogP contribution < -0.4 is 0 Å². The zero-order valence-corrected chi connectivity index (χ0v) is 22.1. The van der Waals surface area contributed by atoms with E-state index in [2.05, 4.69) is 32.8 Å². The van der Waals surface area contributed by atoms with Crippen LogP contribution in [0.1, 0.15) is 38.8 Å². The van der Waals surface area contributed by atoms with Crippen LogP contribution in [0, 0.1) is 11.2 Å². The largest absolute Gasteiger partial charge is 0.352 e. The van der Waals surface area contributed by atoms with Gasteiger partial charge in [0.1, 0.15) is 11.3 Å². The fourth-order valence-electron chi connectivity index (χ4n) is 4.46. The van der Waals surface area contributed by atoms with E-state index in [-0.39, 0.29) is 21.6 Å². The number of hydrogen-bond acceptors (Lipinski definition) is 5. The van der Waals surface area contributed by atoms with Gasteiger partial charge in [-0.15, -0.1) is 11.8 Å². The molecule has 1 heterocycles. The van der Waals surface area contributed by atoms with Gasteiger partial charge in [0.05, 0.1) is 10.5 Å². The van der Waals surface area contributed by atoms with Gasteiger partial charge >= 0.3 is 0 Å². The Kier molecular flexibility index (Phi) is 7.49. The average Bonchev–Trinajstić information content (AvgIpc) is 2.95. The van der Waals surface area contributed by atoms with Gasteiger partial charge < -0.3 is 9.64 Å². The predicted octanol–water partition coefficient (Wildman–Crippen LogP) is 5.60. The molecule has 7 heteroatoms. The van der Waals surface area contributed by atoms with Crippen LogP contribution in [0.15, 0.2) is 53.4 Å². The lowest BCUT2D eigenvalue weighted by atomic mass is 9.87. The highest BCUT2D eigenvalue weighted by Crippen LogP contribution is 2.50. The second-order valence-corrected chi connectivity index (χ2v) is 13.3. The van der Waals surface area contributed by atoms with Crippen molar-refractivity contribution in [1.29, 1.82) is 0 Å². The predicted molar refractivity (Wildman–Crippen MR) is 137 cm³/mol. The van der Waals surface area contributed by atoms with Crippen LogP contribution in [0.2, 0.25) is 0 Å². The minimum Gasteiger partial charge on any atom is -0.352 e. The first-order chi connectivity index (χ1) is 15.2. The van der Waals surface area contributed by atoms with Gasteiger partial charge in [-0.2, -0.15) is 0 Å². The van der Waals surface area contributed by atoms with Gasteiger partial charge in [-0.1, -0.05) is 38.1 Å². The van der Waals surface area contributed by atoms with E-state index >= 15 is 0 Å². The Labute approximate surface area is 202 Å². The molecule has 0 spiro atoms. The van der Waals surface area contributed by atoms with Crippen molar-refractivity contribution < 1.29 is 17.5 Å². The third-order valence-electron chi connectivity index (χ3n) is 5.59. The second-order valence-electron chi connectivity index (χ2n) is 10.3. The smallest absolute Gasteiger partial charge is 0.175 e. The van der Waals surface area contributed by atoms with Crippen LogP contribution >= 0.6 is 11.8 Å².